The standard InChI is InChI=1S/C13H18N2O/c1-2-9-6-7-11(8-12(9)14)15-13(16)10-4-3-5-10/h6-8,10H,2-5,14H2,1H3,(H,15,16). The van der Waals surface area contributed by atoms with Crippen LogP contribution in [0.4, 0.5) is 11.4 Å². The van der Waals surface area contributed by atoms with E-state index in [1.807, 2.05) is 18.2 Å². The van der Waals surface area contributed by atoms with E-state index in [4.69, 9.17) is 5.73 Å². The fraction of sp³-hybridized carbons (Fsp3) is 0.462. The SMILES string of the molecule is CCc1ccc(NC(=O)C2CCC2)cc1N. The van der Waals surface area contributed by atoms with Crippen LogP contribution in [0.25, 0.3) is 0 Å². The summed E-state index contributed by atoms with van der Waals surface area (Å²) in [6, 6.07) is 5.74. The molecule has 0 radical (unpaired) electrons. The Hall–Kier alpha value is -1.51. The van der Waals surface area contributed by atoms with Gasteiger partial charge >= 0.3 is 0 Å². The van der Waals surface area contributed by atoms with Gasteiger partial charge in [0.2, 0.25) is 5.91 Å². The normalized spacial score (nSPS) is 15.6. The molecule has 1 saturated carbocycles. The topological polar surface area (TPSA) is 55.1 Å². The number of amides is 1. The zero-order chi connectivity index (χ0) is 11.5. The van der Waals surface area contributed by atoms with Gasteiger partial charge in [0.15, 0.2) is 0 Å². The second-order valence-corrected chi connectivity index (χ2v) is 4.38. The summed E-state index contributed by atoms with van der Waals surface area (Å²) in [5.41, 5.74) is 8.58. The highest BCUT2D eigenvalue weighted by Crippen LogP contribution is 2.28. The zero-order valence-electron chi connectivity index (χ0n) is 9.62. The number of hydrogen-bond acceptors (Lipinski definition) is 2. The van der Waals surface area contributed by atoms with Gasteiger partial charge in [0.25, 0.3) is 0 Å². The maximum atomic E-state index is 11.7. The molecule has 1 aliphatic rings. The van der Waals surface area contributed by atoms with Crippen LogP contribution in [0.15, 0.2) is 18.2 Å². The molecule has 86 valence electrons. The molecule has 0 atom stereocenters. The summed E-state index contributed by atoms with van der Waals surface area (Å²) < 4.78 is 0. The highest BCUT2D eigenvalue weighted by atomic mass is 16.1. The van der Waals surface area contributed by atoms with Crippen molar-refractivity contribution in [3.8, 4) is 0 Å². The van der Waals surface area contributed by atoms with Crippen molar-refractivity contribution in [1.82, 2.24) is 0 Å². The third-order valence-corrected chi connectivity index (χ3v) is 3.27. The quantitative estimate of drug-likeness (QED) is 0.766. The first-order chi connectivity index (χ1) is 7.70. The molecule has 0 spiro atoms. The Morgan fingerprint density at radius 2 is 2.25 bits per heavy atom. The summed E-state index contributed by atoms with van der Waals surface area (Å²) in [4.78, 5) is 11.7. The molecule has 0 unspecified atom stereocenters. The van der Waals surface area contributed by atoms with Crippen LogP contribution in [-0.2, 0) is 11.2 Å². The molecule has 1 aromatic carbocycles. The van der Waals surface area contributed by atoms with Crippen molar-refractivity contribution in [2.24, 2.45) is 5.92 Å². The van der Waals surface area contributed by atoms with E-state index in [0.29, 0.717) is 0 Å². The van der Waals surface area contributed by atoms with Crippen LogP contribution >= 0.6 is 0 Å². The van der Waals surface area contributed by atoms with Crippen LogP contribution in [0.5, 0.6) is 0 Å². The van der Waals surface area contributed by atoms with E-state index in [1.54, 1.807) is 0 Å². The minimum absolute atomic E-state index is 0.134. The average molecular weight is 218 g/mol. The van der Waals surface area contributed by atoms with Gasteiger partial charge in [-0.3, -0.25) is 4.79 Å². The van der Waals surface area contributed by atoms with E-state index >= 15 is 0 Å². The number of carbonyl (C=O) groups is 1. The van der Waals surface area contributed by atoms with Crippen LogP contribution in [0.1, 0.15) is 31.7 Å². The minimum Gasteiger partial charge on any atom is -0.398 e. The number of nitrogens with one attached hydrogen (secondary N) is 1. The Kier molecular flexibility index (Phi) is 3.13. The van der Waals surface area contributed by atoms with Gasteiger partial charge in [-0.15, -0.1) is 0 Å². The molecule has 3 heteroatoms. The van der Waals surface area contributed by atoms with E-state index in [1.165, 1.54) is 6.42 Å². The lowest BCUT2D eigenvalue weighted by Gasteiger charge is -2.24. The smallest absolute Gasteiger partial charge is 0.227 e. The van der Waals surface area contributed by atoms with Gasteiger partial charge in [0.1, 0.15) is 0 Å². The van der Waals surface area contributed by atoms with Gasteiger partial charge in [-0.2, -0.15) is 0 Å². The second-order valence-electron chi connectivity index (χ2n) is 4.38. The fourth-order valence-corrected chi connectivity index (χ4v) is 1.91. The van der Waals surface area contributed by atoms with E-state index < -0.39 is 0 Å². The predicted octanol–water partition coefficient (Wildman–Crippen LogP) is 2.57. The van der Waals surface area contributed by atoms with Crippen molar-refractivity contribution in [3.05, 3.63) is 23.8 Å². The molecule has 0 saturated heterocycles. The number of hydrogen-bond donors (Lipinski definition) is 2. The lowest BCUT2D eigenvalue weighted by molar-refractivity contribution is -0.122. The van der Waals surface area contributed by atoms with Gasteiger partial charge in [-0.25, -0.2) is 0 Å². The number of carbonyl (C=O) groups excluding carboxylic acids is 1. The van der Waals surface area contributed by atoms with Crippen molar-refractivity contribution >= 4 is 17.3 Å². The molecule has 1 fully saturated rings. The first-order valence-electron chi connectivity index (χ1n) is 5.90. The number of anilines is 2. The molecule has 0 heterocycles. The van der Waals surface area contributed by atoms with E-state index in [-0.39, 0.29) is 11.8 Å². The molecule has 1 amide bonds. The van der Waals surface area contributed by atoms with Crippen LogP contribution in [0.2, 0.25) is 0 Å². The maximum absolute atomic E-state index is 11.7. The Labute approximate surface area is 96.0 Å². The van der Waals surface area contributed by atoms with Gasteiger partial charge < -0.3 is 11.1 Å². The summed E-state index contributed by atoms with van der Waals surface area (Å²) in [5, 5.41) is 2.92. The van der Waals surface area contributed by atoms with Crippen molar-refractivity contribution in [2.75, 3.05) is 11.1 Å². The molecule has 0 aromatic heterocycles. The maximum Gasteiger partial charge on any atom is 0.227 e. The third-order valence-electron chi connectivity index (χ3n) is 3.27. The number of benzene rings is 1. The Morgan fingerprint density at radius 1 is 1.50 bits per heavy atom. The lowest BCUT2D eigenvalue weighted by Crippen LogP contribution is -2.28. The van der Waals surface area contributed by atoms with Crippen LogP contribution in [0, 0.1) is 5.92 Å². The van der Waals surface area contributed by atoms with Gasteiger partial charge in [0.05, 0.1) is 0 Å². The molecule has 0 aliphatic heterocycles. The Balaban J connectivity index is 2.03. The average Bonchev–Trinajstić information content (AvgIpc) is 2.15. The fourth-order valence-electron chi connectivity index (χ4n) is 1.91. The molecule has 0 bridgehead atoms. The van der Waals surface area contributed by atoms with E-state index in [2.05, 4.69) is 12.2 Å². The van der Waals surface area contributed by atoms with Crippen molar-refractivity contribution < 1.29 is 4.79 Å². The predicted molar refractivity (Wildman–Crippen MR) is 66.2 cm³/mol. The summed E-state index contributed by atoms with van der Waals surface area (Å²) >= 11 is 0. The van der Waals surface area contributed by atoms with Gasteiger partial charge in [0, 0.05) is 17.3 Å². The molecule has 1 aromatic rings. The summed E-state index contributed by atoms with van der Waals surface area (Å²) in [7, 11) is 0. The number of nitrogens with two attached hydrogens (primary N) is 1. The van der Waals surface area contributed by atoms with Crippen molar-refractivity contribution in [1.29, 1.82) is 0 Å². The molecule has 2 rings (SSSR count). The van der Waals surface area contributed by atoms with Gasteiger partial charge in [-0.1, -0.05) is 19.4 Å². The highest BCUT2D eigenvalue weighted by Gasteiger charge is 2.25. The summed E-state index contributed by atoms with van der Waals surface area (Å²) in [6.45, 7) is 2.07. The first-order valence-corrected chi connectivity index (χ1v) is 5.90. The Bertz CT molecular complexity index is 397. The third kappa shape index (κ3) is 2.18. The van der Waals surface area contributed by atoms with Gasteiger partial charge in [-0.05, 0) is 37.0 Å². The molecule has 1 aliphatic carbocycles. The number of nitrogen functional groups attached to an aromatic ring is 1. The lowest BCUT2D eigenvalue weighted by atomic mass is 9.85. The number of rotatable bonds is 3. The summed E-state index contributed by atoms with van der Waals surface area (Å²) in [5.74, 6) is 0.349. The highest BCUT2D eigenvalue weighted by molar-refractivity contribution is 5.93. The Morgan fingerprint density at radius 3 is 2.75 bits per heavy atom. The molecular weight excluding hydrogens is 200 g/mol. The van der Waals surface area contributed by atoms with E-state index in [9.17, 15) is 4.79 Å². The zero-order valence-corrected chi connectivity index (χ0v) is 9.62. The minimum atomic E-state index is 0.134. The molecular formula is C13H18N2O. The molecule has 16 heavy (non-hydrogen) atoms. The largest absolute Gasteiger partial charge is 0.398 e. The second kappa shape index (κ2) is 4.56. The monoisotopic (exact) mass is 218 g/mol. The van der Waals surface area contributed by atoms with Crippen LogP contribution in [-0.4, -0.2) is 5.91 Å². The number of aryl methyl sites for hydroxylation is 1. The summed E-state index contributed by atoms with van der Waals surface area (Å²) in [6.07, 6.45) is 4.14. The molecule has 3 N–H and O–H groups in total. The molecule has 3 nitrogen and oxygen atoms in total. The van der Waals surface area contributed by atoms with Crippen molar-refractivity contribution in [3.63, 3.8) is 0 Å². The first kappa shape index (κ1) is 11.0. The van der Waals surface area contributed by atoms with E-state index in [0.717, 1.165) is 36.2 Å². The van der Waals surface area contributed by atoms with Crippen molar-refractivity contribution in [2.45, 2.75) is 32.6 Å². The van der Waals surface area contributed by atoms with Crippen LogP contribution < -0.4 is 11.1 Å². The van der Waals surface area contributed by atoms with Crippen LogP contribution in [0.3, 0.4) is 0 Å².